The molecule has 0 radical (unpaired) electrons. The lowest BCUT2D eigenvalue weighted by atomic mass is 10.1. The first-order valence-corrected chi connectivity index (χ1v) is 4.87. The zero-order valence-corrected chi connectivity index (χ0v) is 8.84. The van der Waals surface area contributed by atoms with E-state index in [0.717, 1.165) is 11.3 Å². The van der Waals surface area contributed by atoms with Gasteiger partial charge in [-0.2, -0.15) is 5.10 Å². The second-order valence-electron chi connectivity index (χ2n) is 3.67. The molecule has 0 aliphatic carbocycles. The van der Waals surface area contributed by atoms with Crippen LogP contribution in [0.1, 0.15) is 23.1 Å². The Morgan fingerprint density at radius 2 is 2.33 bits per heavy atom. The molecule has 2 aromatic rings. The van der Waals surface area contributed by atoms with E-state index in [1.165, 1.54) is 0 Å². The predicted octanol–water partition coefficient (Wildman–Crippen LogP) is 1.60. The number of aryl methyl sites for hydroxylation is 2. The number of rotatable bonds is 3. The highest BCUT2D eigenvalue weighted by atomic mass is 16.4. The quantitative estimate of drug-likeness (QED) is 0.829. The third kappa shape index (κ3) is 2.10. The molecule has 2 rings (SSSR count). The fraction of sp³-hybridized carbons (Fsp3) is 0.364. The third-order valence-corrected chi connectivity index (χ3v) is 2.38. The topological polar surface area (TPSA) is 51.2 Å². The zero-order valence-electron chi connectivity index (χ0n) is 8.84. The van der Waals surface area contributed by atoms with Crippen LogP contribution in [0.5, 0.6) is 0 Å². The molecular weight excluding hydrogens is 192 g/mol. The molecule has 0 saturated carbocycles. The summed E-state index contributed by atoms with van der Waals surface area (Å²) < 4.78 is 6.94. The molecule has 0 spiro atoms. The van der Waals surface area contributed by atoms with E-state index < -0.39 is 6.10 Å². The van der Waals surface area contributed by atoms with Crippen LogP contribution in [0.25, 0.3) is 0 Å². The van der Waals surface area contributed by atoms with Gasteiger partial charge in [0.15, 0.2) is 0 Å². The van der Waals surface area contributed by atoms with Gasteiger partial charge in [0, 0.05) is 19.7 Å². The Morgan fingerprint density at radius 1 is 1.53 bits per heavy atom. The largest absolute Gasteiger partial charge is 0.466 e. The minimum atomic E-state index is -0.616. The van der Waals surface area contributed by atoms with Crippen LogP contribution in [0.3, 0.4) is 0 Å². The normalized spacial score (nSPS) is 13.0. The Labute approximate surface area is 88.1 Å². The standard InChI is InChI=1S/C11H14N2O2/c1-8-4-6-15-11(8)10(14)7-9-3-5-13(2)12-9/h3-6,10,14H,7H2,1-2H3. The maximum absolute atomic E-state index is 9.91. The van der Waals surface area contributed by atoms with E-state index in [9.17, 15) is 5.11 Å². The number of furan rings is 1. The second kappa shape index (κ2) is 3.90. The molecule has 0 bridgehead atoms. The average Bonchev–Trinajstić information content (AvgIpc) is 2.75. The molecule has 80 valence electrons. The second-order valence-corrected chi connectivity index (χ2v) is 3.67. The molecule has 1 N–H and O–H groups in total. The highest BCUT2D eigenvalue weighted by molar-refractivity contribution is 5.18. The number of hydrogen-bond donors (Lipinski definition) is 1. The van der Waals surface area contributed by atoms with Gasteiger partial charge in [-0.05, 0) is 24.6 Å². The molecule has 0 aliphatic rings. The summed E-state index contributed by atoms with van der Waals surface area (Å²) in [5.74, 6) is 0.626. The summed E-state index contributed by atoms with van der Waals surface area (Å²) in [6.07, 6.45) is 3.31. The molecule has 0 aromatic carbocycles. The smallest absolute Gasteiger partial charge is 0.135 e. The van der Waals surface area contributed by atoms with Crippen molar-refractivity contribution < 1.29 is 9.52 Å². The average molecular weight is 206 g/mol. The molecular formula is C11H14N2O2. The van der Waals surface area contributed by atoms with E-state index in [1.54, 1.807) is 10.9 Å². The Kier molecular flexibility index (Phi) is 2.60. The summed E-state index contributed by atoms with van der Waals surface area (Å²) in [5, 5.41) is 14.1. The van der Waals surface area contributed by atoms with Gasteiger partial charge in [-0.1, -0.05) is 0 Å². The van der Waals surface area contributed by atoms with Crippen LogP contribution in [0.4, 0.5) is 0 Å². The lowest BCUT2D eigenvalue weighted by Gasteiger charge is -2.06. The van der Waals surface area contributed by atoms with Crippen molar-refractivity contribution in [1.29, 1.82) is 0 Å². The Morgan fingerprint density at radius 3 is 2.87 bits per heavy atom. The van der Waals surface area contributed by atoms with Crippen molar-refractivity contribution in [2.75, 3.05) is 0 Å². The van der Waals surface area contributed by atoms with Gasteiger partial charge in [0.05, 0.1) is 12.0 Å². The first kappa shape index (κ1) is 9.98. The van der Waals surface area contributed by atoms with Crippen LogP contribution in [-0.4, -0.2) is 14.9 Å². The molecule has 4 heteroatoms. The molecule has 0 fully saturated rings. The van der Waals surface area contributed by atoms with Crippen molar-refractivity contribution in [3.8, 4) is 0 Å². The minimum Gasteiger partial charge on any atom is -0.466 e. The molecule has 4 nitrogen and oxygen atoms in total. The van der Waals surface area contributed by atoms with Crippen molar-refractivity contribution in [2.45, 2.75) is 19.4 Å². The molecule has 0 saturated heterocycles. The van der Waals surface area contributed by atoms with Gasteiger partial charge in [0.2, 0.25) is 0 Å². The maximum atomic E-state index is 9.91. The van der Waals surface area contributed by atoms with Gasteiger partial charge in [-0.25, -0.2) is 0 Å². The molecule has 0 aliphatic heterocycles. The number of hydrogen-bond acceptors (Lipinski definition) is 3. The summed E-state index contributed by atoms with van der Waals surface area (Å²) in [4.78, 5) is 0. The van der Waals surface area contributed by atoms with Gasteiger partial charge < -0.3 is 9.52 Å². The van der Waals surface area contributed by atoms with E-state index in [-0.39, 0.29) is 0 Å². The number of aliphatic hydroxyl groups is 1. The van der Waals surface area contributed by atoms with Crippen LogP contribution in [0, 0.1) is 6.92 Å². The molecule has 15 heavy (non-hydrogen) atoms. The molecule has 1 atom stereocenters. The van der Waals surface area contributed by atoms with Crippen LogP contribution in [-0.2, 0) is 13.5 Å². The minimum absolute atomic E-state index is 0.481. The predicted molar refractivity (Wildman–Crippen MR) is 55.3 cm³/mol. The van der Waals surface area contributed by atoms with Crippen molar-refractivity contribution in [1.82, 2.24) is 9.78 Å². The summed E-state index contributed by atoms with van der Waals surface area (Å²) in [5.41, 5.74) is 1.83. The van der Waals surface area contributed by atoms with Crippen LogP contribution in [0.15, 0.2) is 29.0 Å². The van der Waals surface area contributed by atoms with Gasteiger partial charge in [-0.15, -0.1) is 0 Å². The summed E-state index contributed by atoms with van der Waals surface area (Å²) in [7, 11) is 1.86. The van der Waals surface area contributed by atoms with Crippen LogP contribution in [0.2, 0.25) is 0 Å². The highest BCUT2D eigenvalue weighted by Gasteiger charge is 2.15. The first-order chi connectivity index (χ1) is 7.16. The monoisotopic (exact) mass is 206 g/mol. The first-order valence-electron chi connectivity index (χ1n) is 4.87. The summed E-state index contributed by atoms with van der Waals surface area (Å²) in [6.45, 7) is 1.92. The molecule has 0 amide bonds. The zero-order chi connectivity index (χ0) is 10.8. The van der Waals surface area contributed by atoms with Gasteiger partial charge in [0.25, 0.3) is 0 Å². The van der Waals surface area contributed by atoms with E-state index in [0.29, 0.717) is 12.2 Å². The summed E-state index contributed by atoms with van der Waals surface area (Å²) in [6, 6.07) is 3.73. The van der Waals surface area contributed by atoms with Crippen molar-refractivity contribution in [3.63, 3.8) is 0 Å². The van der Waals surface area contributed by atoms with Crippen LogP contribution >= 0.6 is 0 Å². The molecule has 2 heterocycles. The van der Waals surface area contributed by atoms with Crippen molar-refractivity contribution in [3.05, 3.63) is 41.6 Å². The summed E-state index contributed by atoms with van der Waals surface area (Å²) >= 11 is 0. The molecule has 2 aromatic heterocycles. The number of aromatic nitrogens is 2. The van der Waals surface area contributed by atoms with Gasteiger partial charge in [-0.3, -0.25) is 4.68 Å². The van der Waals surface area contributed by atoms with E-state index >= 15 is 0 Å². The van der Waals surface area contributed by atoms with Gasteiger partial charge >= 0.3 is 0 Å². The SMILES string of the molecule is Cc1ccoc1C(O)Cc1ccn(C)n1. The lowest BCUT2D eigenvalue weighted by molar-refractivity contribution is 0.148. The third-order valence-electron chi connectivity index (χ3n) is 2.38. The Hall–Kier alpha value is -1.55. The van der Waals surface area contributed by atoms with E-state index in [1.807, 2.05) is 32.3 Å². The van der Waals surface area contributed by atoms with Crippen molar-refractivity contribution >= 4 is 0 Å². The fourth-order valence-electron chi connectivity index (χ4n) is 1.59. The Bertz CT molecular complexity index is 445. The van der Waals surface area contributed by atoms with Crippen molar-refractivity contribution in [2.24, 2.45) is 7.05 Å². The van der Waals surface area contributed by atoms with Crippen LogP contribution < -0.4 is 0 Å². The van der Waals surface area contributed by atoms with Gasteiger partial charge in [0.1, 0.15) is 11.9 Å². The highest BCUT2D eigenvalue weighted by Crippen LogP contribution is 2.21. The van der Waals surface area contributed by atoms with E-state index in [4.69, 9.17) is 4.42 Å². The molecule has 1 unspecified atom stereocenters. The Balaban J connectivity index is 2.10. The fourth-order valence-corrected chi connectivity index (χ4v) is 1.59. The maximum Gasteiger partial charge on any atom is 0.135 e. The lowest BCUT2D eigenvalue weighted by Crippen LogP contribution is -2.03. The van der Waals surface area contributed by atoms with E-state index in [2.05, 4.69) is 5.10 Å². The number of nitrogens with zero attached hydrogens (tertiary/aromatic N) is 2. The number of aliphatic hydroxyl groups excluding tert-OH is 1.